The van der Waals surface area contributed by atoms with Crippen molar-refractivity contribution in [1.29, 1.82) is 0 Å². The van der Waals surface area contributed by atoms with Crippen LogP contribution in [0.2, 0.25) is 0 Å². The Kier molecular flexibility index (Phi) is 4.39. The Labute approximate surface area is 117 Å². The van der Waals surface area contributed by atoms with Crippen LogP contribution in [0.5, 0.6) is 0 Å². The van der Waals surface area contributed by atoms with Crippen molar-refractivity contribution in [2.45, 2.75) is 6.54 Å². The summed E-state index contributed by atoms with van der Waals surface area (Å²) in [7, 11) is 4.03. The summed E-state index contributed by atoms with van der Waals surface area (Å²) in [5.74, 6) is 0. The van der Waals surface area contributed by atoms with Gasteiger partial charge in [0, 0.05) is 23.8 Å². The standard InChI is InChI=1S/C15H17BrN2/c1-17-11-12-8-9-15(14(16)10-12)18(2)13-6-4-3-5-7-13/h3-10,17H,11H2,1-2H3. The van der Waals surface area contributed by atoms with Gasteiger partial charge in [0.15, 0.2) is 0 Å². The molecule has 0 saturated carbocycles. The fourth-order valence-corrected chi connectivity index (χ4v) is 2.62. The van der Waals surface area contributed by atoms with Crippen LogP contribution in [0.25, 0.3) is 0 Å². The third-order valence-corrected chi connectivity index (χ3v) is 3.53. The Bertz CT molecular complexity index is 511. The second-order valence-corrected chi connectivity index (χ2v) is 5.06. The second-order valence-electron chi connectivity index (χ2n) is 4.21. The van der Waals surface area contributed by atoms with Crippen LogP contribution in [0.3, 0.4) is 0 Å². The highest BCUT2D eigenvalue weighted by Gasteiger charge is 2.07. The van der Waals surface area contributed by atoms with Crippen molar-refractivity contribution in [2.75, 3.05) is 19.0 Å². The lowest BCUT2D eigenvalue weighted by molar-refractivity contribution is 0.817. The topological polar surface area (TPSA) is 15.3 Å². The molecule has 18 heavy (non-hydrogen) atoms. The molecule has 2 rings (SSSR count). The number of nitrogens with one attached hydrogen (secondary N) is 1. The molecule has 0 spiro atoms. The van der Waals surface area contributed by atoms with E-state index < -0.39 is 0 Å². The van der Waals surface area contributed by atoms with E-state index in [0.717, 1.165) is 11.0 Å². The van der Waals surface area contributed by atoms with Crippen molar-refractivity contribution in [3.8, 4) is 0 Å². The van der Waals surface area contributed by atoms with Gasteiger partial charge in [0.05, 0.1) is 5.69 Å². The Morgan fingerprint density at radius 2 is 1.83 bits per heavy atom. The maximum absolute atomic E-state index is 3.65. The molecule has 0 aliphatic carbocycles. The molecule has 0 saturated heterocycles. The Hall–Kier alpha value is -1.32. The van der Waals surface area contributed by atoms with Crippen molar-refractivity contribution < 1.29 is 0 Å². The van der Waals surface area contributed by atoms with Crippen LogP contribution in [0.4, 0.5) is 11.4 Å². The summed E-state index contributed by atoms with van der Waals surface area (Å²) in [6, 6.07) is 16.8. The lowest BCUT2D eigenvalue weighted by Crippen LogP contribution is -2.11. The fourth-order valence-electron chi connectivity index (χ4n) is 1.93. The lowest BCUT2D eigenvalue weighted by Gasteiger charge is -2.21. The number of halogens is 1. The lowest BCUT2D eigenvalue weighted by atomic mass is 10.2. The van der Waals surface area contributed by atoms with E-state index in [1.807, 2.05) is 13.1 Å². The number of anilines is 2. The van der Waals surface area contributed by atoms with Crippen molar-refractivity contribution in [3.05, 3.63) is 58.6 Å². The van der Waals surface area contributed by atoms with E-state index in [-0.39, 0.29) is 0 Å². The number of hydrogen-bond donors (Lipinski definition) is 1. The molecule has 2 aromatic carbocycles. The molecule has 1 N–H and O–H groups in total. The summed E-state index contributed by atoms with van der Waals surface area (Å²) in [5.41, 5.74) is 3.62. The first kappa shape index (κ1) is 13.1. The van der Waals surface area contributed by atoms with Gasteiger partial charge in [-0.05, 0) is 52.8 Å². The number of nitrogens with zero attached hydrogens (tertiary/aromatic N) is 1. The Morgan fingerprint density at radius 3 is 2.44 bits per heavy atom. The zero-order chi connectivity index (χ0) is 13.0. The van der Waals surface area contributed by atoms with Gasteiger partial charge in [-0.1, -0.05) is 24.3 Å². The van der Waals surface area contributed by atoms with Crippen LogP contribution in [0, 0.1) is 0 Å². The van der Waals surface area contributed by atoms with Gasteiger partial charge < -0.3 is 10.2 Å². The Balaban J connectivity index is 2.28. The average molecular weight is 305 g/mol. The monoisotopic (exact) mass is 304 g/mol. The van der Waals surface area contributed by atoms with Gasteiger partial charge in [-0.25, -0.2) is 0 Å². The van der Waals surface area contributed by atoms with Gasteiger partial charge in [-0.3, -0.25) is 0 Å². The molecule has 94 valence electrons. The summed E-state index contributed by atoms with van der Waals surface area (Å²) >= 11 is 3.65. The first-order valence-electron chi connectivity index (χ1n) is 5.94. The van der Waals surface area contributed by atoms with Crippen LogP contribution >= 0.6 is 15.9 Å². The van der Waals surface area contributed by atoms with E-state index in [4.69, 9.17) is 0 Å². The summed E-state index contributed by atoms with van der Waals surface area (Å²) in [6.07, 6.45) is 0. The normalized spacial score (nSPS) is 10.4. The zero-order valence-corrected chi connectivity index (χ0v) is 12.2. The summed E-state index contributed by atoms with van der Waals surface area (Å²) in [5, 5.41) is 3.16. The third-order valence-electron chi connectivity index (χ3n) is 2.90. The molecule has 0 fully saturated rings. The van der Waals surface area contributed by atoms with Crippen LogP contribution in [0.15, 0.2) is 53.0 Å². The highest BCUT2D eigenvalue weighted by Crippen LogP contribution is 2.31. The largest absolute Gasteiger partial charge is 0.344 e. The molecule has 0 bridgehead atoms. The predicted molar refractivity (Wildman–Crippen MR) is 81.4 cm³/mol. The first-order chi connectivity index (χ1) is 8.72. The quantitative estimate of drug-likeness (QED) is 0.920. The van der Waals surface area contributed by atoms with Gasteiger partial charge in [0.1, 0.15) is 0 Å². The second kappa shape index (κ2) is 6.03. The minimum absolute atomic E-state index is 0.883. The number of hydrogen-bond acceptors (Lipinski definition) is 2. The van der Waals surface area contributed by atoms with E-state index in [9.17, 15) is 0 Å². The molecule has 0 aliphatic heterocycles. The van der Waals surface area contributed by atoms with Crippen LogP contribution in [0.1, 0.15) is 5.56 Å². The molecule has 2 nitrogen and oxygen atoms in total. The van der Waals surface area contributed by atoms with Crippen LogP contribution in [-0.2, 0) is 6.54 Å². The first-order valence-corrected chi connectivity index (χ1v) is 6.73. The van der Waals surface area contributed by atoms with Gasteiger partial charge in [-0.2, -0.15) is 0 Å². The molecule has 3 heteroatoms. The molecular weight excluding hydrogens is 288 g/mol. The van der Waals surface area contributed by atoms with Crippen molar-refractivity contribution >= 4 is 27.3 Å². The van der Waals surface area contributed by atoms with Gasteiger partial charge in [0.2, 0.25) is 0 Å². The van der Waals surface area contributed by atoms with E-state index in [2.05, 4.69) is 75.7 Å². The minimum atomic E-state index is 0.883. The predicted octanol–water partition coefficient (Wildman–Crippen LogP) is 3.94. The minimum Gasteiger partial charge on any atom is -0.344 e. The maximum atomic E-state index is 3.65. The number of rotatable bonds is 4. The molecule has 0 atom stereocenters. The van der Waals surface area contributed by atoms with E-state index >= 15 is 0 Å². The van der Waals surface area contributed by atoms with Crippen molar-refractivity contribution in [3.63, 3.8) is 0 Å². The third kappa shape index (κ3) is 2.92. The van der Waals surface area contributed by atoms with Gasteiger partial charge in [-0.15, -0.1) is 0 Å². The highest BCUT2D eigenvalue weighted by atomic mass is 79.9. The van der Waals surface area contributed by atoms with E-state index in [1.54, 1.807) is 0 Å². The van der Waals surface area contributed by atoms with Crippen LogP contribution in [-0.4, -0.2) is 14.1 Å². The smallest absolute Gasteiger partial charge is 0.0552 e. The summed E-state index contributed by atoms with van der Waals surface area (Å²) in [6.45, 7) is 0.883. The maximum Gasteiger partial charge on any atom is 0.0552 e. The zero-order valence-electron chi connectivity index (χ0n) is 10.7. The van der Waals surface area contributed by atoms with Gasteiger partial charge in [0.25, 0.3) is 0 Å². The van der Waals surface area contributed by atoms with Gasteiger partial charge >= 0.3 is 0 Å². The number of para-hydroxylation sites is 1. The molecular formula is C15H17BrN2. The molecule has 2 aromatic rings. The van der Waals surface area contributed by atoms with Crippen molar-refractivity contribution in [1.82, 2.24) is 5.32 Å². The molecule has 0 unspecified atom stereocenters. The SMILES string of the molecule is CNCc1ccc(N(C)c2ccccc2)c(Br)c1. The molecule has 0 heterocycles. The molecule has 0 amide bonds. The van der Waals surface area contributed by atoms with Crippen LogP contribution < -0.4 is 10.2 Å². The molecule has 0 aromatic heterocycles. The highest BCUT2D eigenvalue weighted by molar-refractivity contribution is 9.10. The molecule has 0 aliphatic rings. The van der Waals surface area contributed by atoms with E-state index in [1.165, 1.54) is 16.9 Å². The summed E-state index contributed by atoms with van der Waals surface area (Å²) in [4.78, 5) is 2.17. The Morgan fingerprint density at radius 1 is 1.11 bits per heavy atom. The van der Waals surface area contributed by atoms with E-state index in [0.29, 0.717) is 0 Å². The number of benzene rings is 2. The average Bonchev–Trinajstić information content (AvgIpc) is 2.40. The fraction of sp³-hybridized carbons (Fsp3) is 0.200. The summed E-state index contributed by atoms with van der Waals surface area (Å²) < 4.78 is 1.11. The van der Waals surface area contributed by atoms with Crippen molar-refractivity contribution in [2.24, 2.45) is 0 Å². The molecule has 0 radical (unpaired) electrons.